The van der Waals surface area contributed by atoms with Crippen LogP contribution in [0.3, 0.4) is 0 Å². The molecule has 0 bridgehead atoms. The quantitative estimate of drug-likeness (QED) is 0.800. The van der Waals surface area contributed by atoms with Gasteiger partial charge in [0.1, 0.15) is 5.82 Å². The van der Waals surface area contributed by atoms with Crippen LogP contribution < -0.4 is 16.0 Å². The molecule has 0 aromatic carbocycles. The molecule has 1 fully saturated rings. The van der Waals surface area contributed by atoms with E-state index in [0.717, 1.165) is 24.2 Å². The summed E-state index contributed by atoms with van der Waals surface area (Å²) in [5.41, 5.74) is 7.01. The minimum Gasteiger partial charge on any atom is -0.362 e. The number of halogens is 2. The molecule has 1 heterocycles. The molecule has 1 aliphatic rings. The summed E-state index contributed by atoms with van der Waals surface area (Å²) >= 11 is 0. The highest BCUT2D eigenvalue weighted by atomic mass is 35.5. The molecule has 1 aromatic rings. The Labute approximate surface area is 157 Å². The van der Waals surface area contributed by atoms with Crippen molar-refractivity contribution in [1.82, 2.24) is 10.3 Å². The average molecular weight is 377 g/mol. The van der Waals surface area contributed by atoms with Crippen LogP contribution in [0.5, 0.6) is 0 Å². The zero-order chi connectivity index (χ0) is 16.0. The Morgan fingerprint density at radius 2 is 1.96 bits per heavy atom. The second kappa shape index (κ2) is 10.7. The van der Waals surface area contributed by atoms with E-state index in [1.807, 2.05) is 31.1 Å². The van der Waals surface area contributed by atoms with Crippen molar-refractivity contribution in [3.8, 4) is 0 Å². The predicted molar refractivity (Wildman–Crippen MR) is 104 cm³/mol. The lowest BCUT2D eigenvalue weighted by atomic mass is 9.71. The summed E-state index contributed by atoms with van der Waals surface area (Å²) in [6.45, 7) is 1.12. The number of hydrogen-bond donors (Lipinski definition) is 2. The molecule has 1 aliphatic carbocycles. The predicted octanol–water partition coefficient (Wildman–Crippen LogP) is 2.91. The lowest BCUT2D eigenvalue weighted by molar-refractivity contribution is -0.124. The highest BCUT2D eigenvalue weighted by Crippen LogP contribution is 2.38. The van der Waals surface area contributed by atoms with Gasteiger partial charge in [-0.3, -0.25) is 4.79 Å². The Bertz CT molecular complexity index is 505. The molecule has 0 atom stereocenters. The van der Waals surface area contributed by atoms with Gasteiger partial charge in [-0.2, -0.15) is 0 Å². The van der Waals surface area contributed by atoms with Crippen molar-refractivity contribution in [3.05, 3.63) is 23.9 Å². The van der Waals surface area contributed by atoms with E-state index in [-0.39, 0.29) is 36.1 Å². The van der Waals surface area contributed by atoms with E-state index >= 15 is 0 Å². The first-order chi connectivity index (χ1) is 10.6. The number of hydrogen-bond acceptors (Lipinski definition) is 4. The van der Waals surface area contributed by atoms with E-state index in [0.29, 0.717) is 19.5 Å². The van der Waals surface area contributed by atoms with Crippen LogP contribution >= 0.6 is 24.8 Å². The number of nitrogens with zero attached hydrogens (tertiary/aromatic N) is 2. The minimum absolute atomic E-state index is 0. The van der Waals surface area contributed by atoms with E-state index in [1.165, 1.54) is 19.3 Å². The van der Waals surface area contributed by atoms with Crippen LogP contribution in [0.2, 0.25) is 0 Å². The van der Waals surface area contributed by atoms with Crippen molar-refractivity contribution in [3.63, 3.8) is 0 Å². The largest absolute Gasteiger partial charge is 0.362 e. The van der Waals surface area contributed by atoms with Gasteiger partial charge in [0.05, 0.1) is 0 Å². The fourth-order valence-electron chi connectivity index (χ4n) is 3.32. The Kier molecular flexibility index (Phi) is 10.3. The van der Waals surface area contributed by atoms with E-state index in [4.69, 9.17) is 5.73 Å². The second-order valence-electron chi connectivity index (χ2n) is 6.60. The summed E-state index contributed by atoms with van der Waals surface area (Å²) in [5, 5.41) is 3.04. The van der Waals surface area contributed by atoms with Crippen LogP contribution in [-0.2, 0) is 11.3 Å². The molecule has 138 valence electrons. The Morgan fingerprint density at radius 1 is 1.29 bits per heavy atom. The number of rotatable bonds is 6. The molecule has 5 nitrogen and oxygen atoms in total. The summed E-state index contributed by atoms with van der Waals surface area (Å²) in [5.74, 6) is 0.995. The van der Waals surface area contributed by atoms with Crippen molar-refractivity contribution >= 4 is 36.5 Å². The maximum absolute atomic E-state index is 12.3. The number of anilines is 1. The van der Waals surface area contributed by atoms with Gasteiger partial charge in [0.15, 0.2) is 0 Å². The number of carbonyl (C=O) groups excluding carboxylic acids is 1. The molecule has 3 N–H and O–H groups in total. The van der Waals surface area contributed by atoms with Gasteiger partial charge in [-0.1, -0.05) is 25.3 Å². The molecular formula is C17H30Cl2N4O. The van der Waals surface area contributed by atoms with Crippen molar-refractivity contribution in [2.24, 2.45) is 11.1 Å². The number of pyridine rings is 1. The first kappa shape index (κ1) is 23.0. The first-order valence-corrected chi connectivity index (χ1v) is 8.14. The van der Waals surface area contributed by atoms with Crippen LogP contribution in [0, 0.1) is 5.41 Å². The van der Waals surface area contributed by atoms with Crippen molar-refractivity contribution in [2.75, 3.05) is 25.5 Å². The third kappa shape index (κ3) is 6.11. The SMILES string of the molecule is CN(C)c1ncccc1CNC(=O)CC1(CN)CCCCC1.Cl.Cl. The van der Waals surface area contributed by atoms with E-state index in [9.17, 15) is 4.79 Å². The Balaban J connectivity index is 0.00000264. The normalized spacial score (nSPS) is 15.6. The minimum atomic E-state index is 0. The molecule has 1 saturated carbocycles. The second-order valence-corrected chi connectivity index (χ2v) is 6.60. The standard InChI is InChI=1S/C17H28N4O.2ClH/c1-21(2)16-14(7-6-10-19-16)12-20-15(22)11-17(13-18)8-4-3-5-9-17;;/h6-7,10H,3-5,8-9,11-13,18H2,1-2H3,(H,20,22);2*1H. The Morgan fingerprint density at radius 3 is 2.54 bits per heavy atom. The van der Waals surface area contributed by atoms with Crippen LogP contribution in [-0.4, -0.2) is 31.5 Å². The van der Waals surface area contributed by atoms with Crippen molar-refractivity contribution in [2.45, 2.75) is 45.1 Å². The van der Waals surface area contributed by atoms with Crippen LogP contribution in [0.15, 0.2) is 18.3 Å². The first-order valence-electron chi connectivity index (χ1n) is 8.14. The highest BCUT2D eigenvalue weighted by Gasteiger charge is 2.32. The fourth-order valence-corrected chi connectivity index (χ4v) is 3.32. The maximum atomic E-state index is 12.3. The summed E-state index contributed by atoms with van der Waals surface area (Å²) in [6, 6.07) is 3.90. The number of nitrogens with two attached hydrogens (primary N) is 1. The van der Waals surface area contributed by atoms with Crippen LogP contribution in [0.4, 0.5) is 5.82 Å². The van der Waals surface area contributed by atoms with E-state index in [2.05, 4.69) is 10.3 Å². The van der Waals surface area contributed by atoms with E-state index < -0.39 is 0 Å². The molecule has 0 spiro atoms. The van der Waals surface area contributed by atoms with Gasteiger partial charge in [0, 0.05) is 38.8 Å². The zero-order valence-electron chi connectivity index (χ0n) is 14.6. The van der Waals surface area contributed by atoms with Crippen LogP contribution in [0.1, 0.15) is 44.1 Å². The lowest BCUT2D eigenvalue weighted by Crippen LogP contribution is -2.38. The maximum Gasteiger partial charge on any atom is 0.220 e. The van der Waals surface area contributed by atoms with Gasteiger partial charge in [-0.05, 0) is 30.9 Å². The summed E-state index contributed by atoms with van der Waals surface area (Å²) in [6.07, 6.45) is 8.12. The summed E-state index contributed by atoms with van der Waals surface area (Å²) < 4.78 is 0. The molecule has 7 heteroatoms. The van der Waals surface area contributed by atoms with Crippen LogP contribution in [0.25, 0.3) is 0 Å². The molecule has 0 saturated heterocycles. The molecule has 0 aliphatic heterocycles. The summed E-state index contributed by atoms with van der Waals surface area (Å²) in [7, 11) is 3.91. The molecule has 1 amide bonds. The fraction of sp³-hybridized carbons (Fsp3) is 0.647. The lowest BCUT2D eigenvalue weighted by Gasteiger charge is -2.35. The molecule has 24 heavy (non-hydrogen) atoms. The third-order valence-corrected chi connectivity index (χ3v) is 4.65. The van der Waals surface area contributed by atoms with Gasteiger partial charge < -0.3 is 16.0 Å². The zero-order valence-corrected chi connectivity index (χ0v) is 16.2. The Hall–Kier alpha value is -1.04. The number of amides is 1. The smallest absolute Gasteiger partial charge is 0.220 e. The van der Waals surface area contributed by atoms with E-state index in [1.54, 1.807) is 6.20 Å². The third-order valence-electron chi connectivity index (χ3n) is 4.65. The molecular weight excluding hydrogens is 347 g/mol. The molecule has 0 radical (unpaired) electrons. The van der Waals surface area contributed by atoms with Gasteiger partial charge in [0.2, 0.25) is 5.91 Å². The monoisotopic (exact) mass is 376 g/mol. The molecule has 0 unspecified atom stereocenters. The number of carbonyl (C=O) groups is 1. The van der Waals surface area contributed by atoms with Gasteiger partial charge >= 0.3 is 0 Å². The highest BCUT2D eigenvalue weighted by molar-refractivity contribution is 5.85. The topological polar surface area (TPSA) is 71.2 Å². The molecule has 1 aromatic heterocycles. The number of nitrogens with one attached hydrogen (secondary N) is 1. The van der Waals surface area contributed by atoms with Gasteiger partial charge in [0.25, 0.3) is 0 Å². The molecule has 2 rings (SSSR count). The number of aromatic nitrogens is 1. The van der Waals surface area contributed by atoms with Gasteiger partial charge in [-0.25, -0.2) is 4.98 Å². The van der Waals surface area contributed by atoms with Gasteiger partial charge in [-0.15, -0.1) is 24.8 Å². The van der Waals surface area contributed by atoms with Crippen molar-refractivity contribution in [1.29, 1.82) is 0 Å². The van der Waals surface area contributed by atoms with Crippen molar-refractivity contribution < 1.29 is 4.79 Å². The summed E-state index contributed by atoms with van der Waals surface area (Å²) in [4.78, 5) is 18.6. The average Bonchev–Trinajstić information content (AvgIpc) is 2.54.